The lowest BCUT2D eigenvalue weighted by atomic mass is 9.71. The quantitative estimate of drug-likeness (QED) is 0.667. The van der Waals surface area contributed by atoms with Gasteiger partial charge in [0.2, 0.25) is 17.7 Å². The third-order valence-corrected chi connectivity index (χ3v) is 7.46. The lowest BCUT2D eigenvalue weighted by Crippen LogP contribution is -2.45. The van der Waals surface area contributed by atoms with E-state index >= 15 is 0 Å². The van der Waals surface area contributed by atoms with Crippen molar-refractivity contribution in [2.45, 2.75) is 45.2 Å². The van der Waals surface area contributed by atoms with Crippen LogP contribution in [-0.2, 0) is 14.4 Å². The van der Waals surface area contributed by atoms with Gasteiger partial charge in [-0.15, -0.1) is 0 Å². The molecule has 5 rings (SSSR count). The first-order valence-electron chi connectivity index (χ1n) is 11.5. The topological polar surface area (TPSA) is 57.7 Å². The summed E-state index contributed by atoms with van der Waals surface area (Å²) in [5, 5.41) is 0. The Balaban J connectivity index is 1.46. The first kappa shape index (κ1) is 20.7. The van der Waals surface area contributed by atoms with E-state index in [1.165, 1.54) is 4.90 Å². The summed E-state index contributed by atoms with van der Waals surface area (Å²) in [7, 11) is 0. The van der Waals surface area contributed by atoms with Crippen molar-refractivity contribution in [3.05, 3.63) is 83.6 Å². The molecule has 0 N–H and O–H groups in total. The zero-order valence-corrected chi connectivity index (χ0v) is 18.5. The highest BCUT2D eigenvalue weighted by Gasteiger charge is 2.56. The number of hydrogen-bond donors (Lipinski definition) is 0. The van der Waals surface area contributed by atoms with Crippen molar-refractivity contribution in [1.82, 2.24) is 9.80 Å². The minimum Gasteiger partial charge on any atom is -0.309 e. The van der Waals surface area contributed by atoms with Crippen LogP contribution >= 0.6 is 0 Å². The monoisotopic (exact) mass is 428 g/mol. The summed E-state index contributed by atoms with van der Waals surface area (Å²) in [4.78, 5) is 43.3. The number of piperidine rings is 1. The zero-order chi connectivity index (χ0) is 22.4. The summed E-state index contributed by atoms with van der Waals surface area (Å²) in [5.41, 5.74) is 2.95. The second kappa shape index (κ2) is 8.05. The largest absolute Gasteiger partial charge is 0.309 e. The normalized spacial score (nSPS) is 27.0. The summed E-state index contributed by atoms with van der Waals surface area (Å²) in [5.74, 6) is -0.882. The molecule has 2 fully saturated rings. The van der Waals surface area contributed by atoms with Crippen LogP contribution in [0, 0.1) is 17.8 Å². The van der Waals surface area contributed by atoms with Gasteiger partial charge in [-0.05, 0) is 37.8 Å². The number of fused-ring (bicyclic) bond motifs is 3. The Morgan fingerprint density at radius 2 is 1.31 bits per heavy atom. The molecule has 32 heavy (non-hydrogen) atoms. The molecule has 0 radical (unpaired) electrons. The van der Waals surface area contributed by atoms with E-state index in [0.717, 1.165) is 16.8 Å². The van der Waals surface area contributed by atoms with Gasteiger partial charge in [0.15, 0.2) is 0 Å². The number of hydrogen-bond acceptors (Lipinski definition) is 3. The van der Waals surface area contributed by atoms with Crippen LogP contribution in [0.25, 0.3) is 0 Å². The Morgan fingerprint density at radius 3 is 1.91 bits per heavy atom. The number of benzene rings is 2. The smallest absolute Gasteiger partial charge is 0.234 e. The van der Waals surface area contributed by atoms with Gasteiger partial charge in [-0.3, -0.25) is 19.3 Å². The fourth-order valence-corrected chi connectivity index (χ4v) is 5.79. The van der Waals surface area contributed by atoms with Gasteiger partial charge in [0, 0.05) is 18.0 Å². The van der Waals surface area contributed by atoms with Crippen molar-refractivity contribution in [2.75, 3.05) is 0 Å². The van der Waals surface area contributed by atoms with Crippen LogP contribution in [0.1, 0.15) is 56.3 Å². The van der Waals surface area contributed by atoms with Gasteiger partial charge in [0.05, 0.1) is 23.9 Å². The van der Waals surface area contributed by atoms with E-state index in [2.05, 4.69) is 0 Å². The van der Waals surface area contributed by atoms with E-state index in [1.807, 2.05) is 85.5 Å². The lowest BCUT2D eigenvalue weighted by Gasteiger charge is -2.44. The molecule has 3 aliphatic rings. The summed E-state index contributed by atoms with van der Waals surface area (Å²) < 4.78 is 0. The molecule has 2 aromatic rings. The molecule has 0 spiro atoms. The summed E-state index contributed by atoms with van der Waals surface area (Å²) in [6.07, 6.45) is 3.57. The molecule has 0 saturated carbocycles. The van der Waals surface area contributed by atoms with Crippen molar-refractivity contribution >= 4 is 17.7 Å². The summed E-state index contributed by atoms with van der Waals surface area (Å²) in [6, 6.07) is 19.3. The first-order chi connectivity index (χ1) is 15.5. The van der Waals surface area contributed by atoms with Crippen molar-refractivity contribution in [3.8, 4) is 0 Å². The van der Waals surface area contributed by atoms with Gasteiger partial charge in [0.1, 0.15) is 0 Å². The van der Waals surface area contributed by atoms with E-state index in [0.29, 0.717) is 19.3 Å². The number of rotatable bonds is 4. The lowest BCUT2D eigenvalue weighted by molar-refractivity contribution is -0.143. The number of imide groups is 1. The molecule has 2 heterocycles. The van der Waals surface area contributed by atoms with E-state index in [-0.39, 0.29) is 47.6 Å². The Hall–Kier alpha value is -3.21. The highest BCUT2D eigenvalue weighted by Crippen LogP contribution is 2.49. The van der Waals surface area contributed by atoms with Gasteiger partial charge < -0.3 is 4.90 Å². The van der Waals surface area contributed by atoms with Gasteiger partial charge in [-0.25, -0.2) is 0 Å². The molecule has 2 aliphatic heterocycles. The summed E-state index contributed by atoms with van der Waals surface area (Å²) >= 11 is 0. The average molecular weight is 429 g/mol. The predicted octanol–water partition coefficient (Wildman–Crippen LogP) is 4.64. The molecule has 2 aromatic carbocycles. The predicted molar refractivity (Wildman–Crippen MR) is 121 cm³/mol. The molecule has 2 saturated heterocycles. The molecule has 5 nitrogen and oxygen atoms in total. The SMILES string of the molecule is C[C@H](c1ccccc1)N1C(=O)CC[C@@H]2C1=CC[C@@H]1C(=O)N([C@@H](C)c3ccccc3)C(=O)[C@@H]12. The number of nitrogens with zero attached hydrogens (tertiary/aromatic N) is 2. The second-order valence-electron chi connectivity index (χ2n) is 9.13. The minimum absolute atomic E-state index is 0.0776. The third kappa shape index (κ3) is 3.19. The maximum absolute atomic E-state index is 13.6. The molecular weight excluding hydrogens is 400 g/mol. The molecule has 0 unspecified atom stereocenters. The molecule has 3 amide bonds. The number of likely N-dealkylation sites (tertiary alicyclic amines) is 2. The standard InChI is InChI=1S/C27H28N2O3/c1-17(19-9-5-3-6-10-19)28-23-15-13-22-25(21(23)14-16-24(28)30)27(32)29(26(22)31)18(2)20-11-7-4-8-12-20/h3-12,15,17-18,21-22,25H,13-14,16H2,1-2H3/t17-,18+,21-,22+,25-/m1/s1. The highest BCUT2D eigenvalue weighted by molar-refractivity contribution is 6.06. The van der Waals surface area contributed by atoms with Crippen LogP contribution in [0.3, 0.4) is 0 Å². The Morgan fingerprint density at radius 1 is 0.750 bits per heavy atom. The third-order valence-electron chi connectivity index (χ3n) is 7.46. The van der Waals surface area contributed by atoms with Gasteiger partial charge in [-0.2, -0.15) is 0 Å². The molecule has 1 aliphatic carbocycles. The molecule has 164 valence electrons. The van der Waals surface area contributed by atoms with Crippen LogP contribution in [-0.4, -0.2) is 27.5 Å². The number of amides is 3. The van der Waals surface area contributed by atoms with Crippen LogP contribution in [0.2, 0.25) is 0 Å². The Labute approximate surface area is 188 Å². The maximum atomic E-state index is 13.6. The van der Waals surface area contributed by atoms with Gasteiger partial charge >= 0.3 is 0 Å². The van der Waals surface area contributed by atoms with E-state index < -0.39 is 0 Å². The molecular formula is C27H28N2O3. The Bertz CT molecular complexity index is 1080. The van der Waals surface area contributed by atoms with Crippen LogP contribution < -0.4 is 0 Å². The van der Waals surface area contributed by atoms with Crippen LogP contribution in [0.15, 0.2) is 72.4 Å². The van der Waals surface area contributed by atoms with Crippen molar-refractivity contribution < 1.29 is 14.4 Å². The fourth-order valence-electron chi connectivity index (χ4n) is 5.79. The second-order valence-corrected chi connectivity index (χ2v) is 9.13. The first-order valence-corrected chi connectivity index (χ1v) is 11.5. The van der Waals surface area contributed by atoms with Crippen LogP contribution in [0.5, 0.6) is 0 Å². The van der Waals surface area contributed by atoms with Gasteiger partial charge in [-0.1, -0.05) is 66.7 Å². The van der Waals surface area contributed by atoms with E-state index in [4.69, 9.17) is 0 Å². The van der Waals surface area contributed by atoms with Crippen LogP contribution in [0.4, 0.5) is 0 Å². The molecule has 5 atom stereocenters. The minimum atomic E-state index is -0.382. The fraction of sp³-hybridized carbons (Fsp3) is 0.370. The highest BCUT2D eigenvalue weighted by atomic mass is 16.2. The van der Waals surface area contributed by atoms with Crippen molar-refractivity contribution in [3.63, 3.8) is 0 Å². The maximum Gasteiger partial charge on any atom is 0.234 e. The van der Waals surface area contributed by atoms with Crippen molar-refractivity contribution in [2.24, 2.45) is 17.8 Å². The van der Waals surface area contributed by atoms with E-state index in [9.17, 15) is 14.4 Å². The zero-order valence-electron chi connectivity index (χ0n) is 18.5. The Kier molecular flexibility index (Phi) is 5.20. The number of allylic oxidation sites excluding steroid dienone is 2. The molecule has 5 heteroatoms. The molecule has 0 bridgehead atoms. The van der Waals surface area contributed by atoms with E-state index in [1.54, 1.807) is 0 Å². The average Bonchev–Trinajstić information content (AvgIpc) is 3.09. The van der Waals surface area contributed by atoms with Crippen molar-refractivity contribution in [1.29, 1.82) is 0 Å². The summed E-state index contributed by atoms with van der Waals surface area (Å²) in [6.45, 7) is 3.96. The number of carbonyl (C=O) groups excluding carboxylic acids is 3. The van der Waals surface area contributed by atoms with Gasteiger partial charge in [0.25, 0.3) is 0 Å². The molecule has 0 aromatic heterocycles. The number of carbonyl (C=O) groups is 3.